The summed E-state index contributed by atoms with van der Waals surface area (Å²) < 4.78 is 12.3. The summed E-state index contributed by atoms with van der Waals surface area (Å²) in [7, 11) is 1.94. The van der Waals surface area contributed by atoms with Crippen molar-refractivity contribution in [2.45, 2.75) is 32.9 Å². The van der Waals surface area contributed by atoms with Gasteiger partial charge in [-0.25, -0.2) is 0 Å². The first-order chi connectivity index (χ1) is 8.54. The zero-order valence-corrected chi connectivity index (χ0v) is 13.1. The van der Waals surface area contributed by atoms with Gasteiger partial charge in [-0.15, -0.1) is 0 Å². The van der Waals surface area contributed by atoms with Crippen LogP contribution in [-0.4, -0.2) is 26.4 Å². The predicted molar refractivity (Wildman–Crippen MR) is 78.2 cm³/mol. The van der Waals surface area contributed by atoms with Gasteiger partial charge in [-0.1, -0.05) is 22.0 Å². The quantitative estimate of drug-likeness (QED) is 0.781. The number of hydrogen-bond donors (Lipinski definition) is 1. The van der Waals surface area contributed by atoms with Crippen LogP contribution in [0.3, 0.4) is 0 Å². The molecule has 3 nitrogen and oxygen atoms in total. The fraction of sp³-hybridized carbons (Fsp3) is 0.571. The summed E-state index contributed by atoms with van der Waals surface area (Å²) in [4.78, 5) is 0. The standard InChI is InChI=1S/C14H22BrNO2/c1-10(2)17-7-8-18-14-9-12(15)5-6-13(14)11(3)16-4/h5-6,9-11,16H,7-8H2,1-4H3. The lowest BCUT2D eigenvalue weighted by atomic mass is 10.1. The summed E-state index contributed by atoms with van der Waals surface area (Å²) in [6.07, 6.45) is 0.242. The van der Waals surface area contributed by atoms with E-state index in [1.807, 2.05) is 33.0 Å². The molecular formula is C14H22BrNO2. The van der Waals surface area contributed by atoms with Gasteiger partial charge in [-0.3, -0.25) is 0 Å². The summed E-state index contributed by atoms with van der Waals surface area (Å²) in [5.41, 5.74) is 1.16. The van der Waals surface area contributed by atoms with E-state index in [1.54, 1.807) is 0 Å². The molecule has 0 aliphatic rings. The fourth-order valence-corrected chi connectivity index (χ4v) is 1.92. The molecule has 102 valence electrons. The third-order valence-electron chi connectivity index (χ3n) is 2.67. The van der Waals surface area contributed by atoms with Gasteiger partial charge < -0.3 is 14.8 Å². The smallest absolute Gasteiger partial charge is 0.125 e. The van der Waals surface area contributed by atoms with Gasteiger partial charge in [0.1, 0.15) is 12.4 Å². The maximum absolute atomic E-state index is 5.80. The van der Waals surface area contributed by atoms with Gasteiger partial charge in [0.05, 0.1) is 12.7 Å². The van der Waals surface area contributed by atoms with Crippen molar-refractivity contribution in [3.05, 3.63) is 28.2 Å². The number of rotatable bonds is 7. The van der Waals surface area contributed by atoms with Gasteiger partial charge in [0.2, 0.25) is 0 Å². The van der Waals surface area contributed by atoms with Gasteiger partial charge in [0, 0.05) is 16.1 Å². The molecule has 4 heteroatoms. The SMILES string of the molecule is CNC(C)c1ccc(Br)cc1OCCOC(C)C. The average molecular weight is 316 g/mol. The molecule has 0 fully saturated rings. The van der Waals surface area contributed by atoms with E-state index in [1.165, 1.54) is 0 Å². The van der Waals surface area contributed by atoms with Crippen LogP contribution >= 0.6 is 15.9 Å². The molecule has 0 heterocycles. The highest BCUT2D eigenvalue weighted by Crippen LogP contribution is 2.28. The van der Waals surface area contributed by atoms with Crippen LogP contribution in [0.1, 0.15) is 32.4 Å². The van der Waals surface area contributed by atoms with E-state index in [0.717, 1.165) is 15.8 Å². The second-order valence-corrected chi connectivity index (χ2v) is 5.38. The normalized spacial score (nSPS) is 12.8. The van der Waals surface area contributed by atoms with E-state index in [0.29, 0.717) is 13.2 Å². The topological polar surface area (TPSA) is 30.5 Å². The molecule has 1 aromatic carbocycles. The first-order valence-electron chi connectivity index (χ1n) is 6.25. The van der Waals surface area contributed by atoms with Crippen molar-refractivity contribution < 1.29 is 9.47 Å². The number of ether oxygens (including phenoxy) is 2. The van der Waals surface area contributed by atoms with Crippen LogP contribution in [0, 0.1) is 0 Å². The monoisotopic (exact) mass is 315 g/mol. The highest BCUT2D eigenvalue weighted by Gasteiger charge is 2.10. The van der Waals surface area contributed by atoms with Crippen LogP contribution < -0.4 is 10.1 Å². The molecule has 0 aliphatic heterocycles. The van der Waals surface area contributed by atoms with Crippen molar-refractivity contribution in [2.75, 3.05) is 20.3 Å². The second kappa shape index (κ2) is 7.77. The third-order valence-corrected chi connectivity index (χ3v) is 3.16. The van der Waals surface area contributed by atoms with E-state index in [2.05, 4.69) is 34.2 Å². The van der Waals surface area contributed by atoms with Crippen molar-refractivity contribution in [1.29, 1.82) is 0 Å². The Balaban J connectivity index is 2.64. The molecule has 0 saturated heterocycles. The Morgan fingerprint density at radius 3 is 2.56 bits per heavy atom. The zero-order chi connectivity index (χ0) is 13.5. The van der Waals surface area contributed by atoms with Crippen molar-refractivity contribution in [3.8, 4) is 5.75 Å². The fourth-order valence-electron chi connectivity index (χ4n) is 1.58. The van der Waals surface area contributed by atoms with Crippen LogP contribution in [0.15, 0.2) is 22.7 Å². The van der Waals surface area contributed by atoms with Gasteiger partial charge >= 0.3 is 0 Å². The van der Waals surface area contributed by atoms with E-state index in [9.17, 15) is 0 Å². The van der Waals surface area contributed by atoms with Gasteiger partial charge in [-0.2, -0.15) is 0 Å². The summed E-state index contributed by atoms with van der Waals surface area (Å²) in [6.45, 7) is 7.33. The Bertz CT molecular complexity index is 369. The van der Waals surface area contributed by atoms with E-state index in [4.69, 9.17) is 9.47 Å². The summed E-state index contributed by atoms with van der Waals surface area (Å²) in [5, 5.41) is 3.22. The Kier molecular flexibility index (Phi) is 6.68. The first-order valence-corrected chi connectivity index (χ1v) is 7.05. The lowest BCUT2D eigenvalue weighted by molar-refractivity contribution is 0.0549. The third kappa shape index (κ3) is 4.96. The molecule has 1 rings (SSSR count). The minimum absolute atomic E-state index is 0.242. The molecule has 1 aromatic rings. The molecule has 0 aromatic heterocycles. The highest BCUT2D eigenvalue weighted by molar-refractivity contribution is 9.10. The summed E-state index contributed by atoms with van der Waals surface area (Å²) >= 11 is 3.47. The van der Waals surface area contributed by atoms with Crippen molar-refractivity contribution >= 4 is 15.9 Å². The van der Waals surface area contributed by atoms with Crippen molar-refractivity contribution in [2.24, 2.45) is 0 Å². The van der Waals surface area contributed by atoms with E-state index in [-0.39, 0.29) is 12.1 Å². The Morgan fingerprint density at radius 1 is 1.22 bits per heavy atom. The lowest BCUT2D eigenvalue weighted by Crippen LogP contribution is -2.16. The molecular weight excluding hydrogens is 294 g/mol. The van der Waals surface area contributed by atoms with E-state index >= 15 is 0 Å². The Morgan fingerprint density at radius 2 is 1.94 bits per heavy atom. The van der Waals surface area contributed by atoms with Gasteiger partial charge in [0.25, 0.3) is 0 Å². The summed E-state index contributed by atoms with van der Waals surface area (Å²) in [5.74, 6) is 0.901. The molecule has 18 heavy (non-hydrogen) atoms. The van der Waals surface area contributed by atoms with E-state index < -0.39 is 0 Å². The molecule has 1 N–H and O–H groups in total. The maximum atomic E-state index is 5.80. The van der Waals surface area contributed by atoms with Crippen LogP contribution in [0.4, 0.5) is 0 Å². The van der Waals surface area contributed by atoms with Crippen molar-refractivity contribution in [3.63, 3.8) is 0 Å². The Labute approximate surface area is 118 Å². The van der Waals surface area contributed by atoms with Crippen molar-refractivity contribution in [1.82, 2.24) is 5.32 Å². The van der Waals surface area contributed by atoms with Gasteiger partial charge in [-0.05, 0) is 40.0 Å². The van der Waals surface area contributed by atoms with Crippen LogP contribution in [-0.2, 0) is 4.74 Å². The zero-order valence-electron chi connectivity index (χ0n) is 11.5. The maximum Gasteiger partial charge on any atom is 0.125 e. The van der Waals surface area contributed by atoms with Crippen LogP contribution in [0.2, 0.25) is 0 Å². The molecule has 0 spiro atoms. The lowest BCUT2D eigenvalue weighted by Gasteiger charge is -2.17. The van der Waals surface area contributed by atoms with Gasteiger partial charge in [0.15, 0.2) is 0 Å². The molecule has 1 atom stereocenters. The highest BCUT2D eigenvalue weighted by atomic mass is 79.9. The largest absolute Gasteiger partial charge is 0.491 e. The predicted octanol–water partition coefficient (Wildman–Crippen LogP) is 3.53. The molecule has 0 radical (unpaired) electrons. The Hall–Kier alpha value is -0.580. The number of nitrogens with one attached hydrogen (secondary N) is 1. The number of benzene rings is 1. The number of hydrogen-bond acceptors (Lipinski definition) is 3. The summed E-state index contributed by atoms with van der Waals surface area (Å²) in [6, 6.07) is 6.36. The molecule has 0 aliphatic carbocycles. The number of halogens is 1. The van der Waals surface area contributed by atoms with Crippen LogP contribution in [0.5, 0.6) is 5.75 Å². The molecule has 0 saturated carbocycles. The average Bonchev–Trinajstić information content (AvgIpc) is 2.33. The minimum Gasteiger partial charge on any atom is -0.491 e. The van der Waals surface area contributed by atoms with Crippen LogP contribution in [0.25, 0.3) is 0 Å². The molecule has 1 unspecified atom stereocenters. The second-order valence-electron chi connectivity index (χ2n) is 4.46. The first kappa shape index (κ1) is 15.5. The molecule has 0 amide bonds. The molecule has 0 bridgehead atoms. The minimum atomic E-state index is 0.242.